The Kier molecular flexibility index (Phi) is 3.02. The molecule has 2 N–H and O–H groups in total. The number of benzene rings is 1. The van der Waals surface area contributed by atoms with E-state index in [1.54, 1.807) is 0 Å². The largest absolute Gasteiger partial charge is 0.361 e. The molecule has 4 heteroatoms. The SMILES string of the molecule is O=C(NN1CCCCC1)c1cccc2cc[nH]c12. The molecule has 1 aliphatic heterocycles. The fourth-order valence-electron chi connectivity index (χ4n) is 2.48. The first-order valence-electron chi connectivity index (χ1n) is 6.46. The molecule has 1 fully saturated rings. The summed E-state index contributed by atoms with van der Waals surface area (Å²) in [6, 6.07) is 7.76. The Hall–Kier alpha value is -1.81. The van der Waals surface area contributed by atoms with E-state index in [1.807, 2.05) is 35.5 Å². The quantitative estimate of drug-likeness (QED) is 0.850. The number of aromatic amines is 1. The molecule has 0 unspecified atom stereocenters. The van der Waals surface area contributed by atoms with Crippen molar-refractivity contribution in [2.24, 2.45) is 0 Å². The molecular weight excluding hydrogens is 226 g/mol. The van der Waals surface area contributed by atoms with Crippen molar-refractivity contribution in [3.63, 3.8) is 0 Å². The van der Waals surface area contributed by atoms with E-state index in [0.29, 0.717) is 5.56 Å². The minimum Gasteiger partial charge on any atom is -0.361 e. The summed E-state index contributed by atoms with van der Waals surface area (Å²) in [7, 11) is 0. The van der Waals surface area contributed by atoms with Crippen LogP contribution in [-0.2, 0) is 0 Å². The molecule has 1 aromatic carbocycles. The molecule has 1 saturated heterocycles. The number of hydrogen-bond donors (Lipinski definition) is 2. The van der Waals surface area contributed by atoms with Gasteiger partial charge in [-0.3, -0.25) is 10.2 Å². The third kappa shape index (κ3) is 2.11. The summed E-state index contributed by atoms with van der Waals surface area (Å²) in [4.78, 5) is 15.4. The molecule has 1 aromatic heterocycles. The number of piperidine rings is 1. The van der Waals surface area contributed by atoms with E-state index in [2.05, 4.69) is 10.4 Å². The standard InChI is InChI=1S/C14H17N3O/c18-14(16-17-9-2-1-3-10-17)12-6-4-5-11-7-8-15-13(11)12/h4-8,15H,1-3,9-10H2,(H,16,18). The molecule has 3 rings (SSSR count). The highest BCUT2D eigenvalue weighted by Crippen LogP contribution is 2.17. The molecule has 0 atom stereocenters. The molecule has 0 aliphatic carbocycles. The third-order valence-corrected chi connectivity index (χ3v) is 3.45. The molecule has 18 heavy (non-hydrogen) atoms. The Labute approximate surface area is 106 Å². The minimum atomic E-state index is -0.0232. The number of hydrogen-bond acceptors (Lipinski definition) is 2. The van der Waals surface area contributed by atoms with Gasteiger partial charge in [0.15, 0.2) is 0 Å². The van der Waals surface area contributed by atoms with E-state index in [1.165, 1.54) is 6.42 Å². The van der Waals surface area contributed by atoms with Crippen molar-refractivity contribution in [1.29, 1.82) is 0 Å². The van der Waals surface area contributed by atoms with Gasteiger partial charge in [-0.1, -0.05) is 18.6 Å². The first-order valence-corrected chi connectivity index (χ1v) is 6.46. The van der Waals surface area contributed by atoms with E-state index in [-0.39, 0.29) is 5.91 Å². The van der Waals surface area contributed by atoms with Crippen LogP contribution >= 0.6 is 0 Å². The number of hydrazine groups is 1. The van der Waals surface area contributed by atoms with Crippen molar-refractivity contribution in [1.82, 2.24) is 15.4 Å². The number of nitrogens with zero attached hydrogens (tertiary/aromatic N) is 1. The number of carbonyl (C=O) groups is 1. The predicted octanol–water partition coefficient (Wildman–Crippen LogP) is 2.30. The summed E-state index contributed by atoms with van der Waals surface area (Å²) in [5.74, 6) is -0.0232. The number of nitrogens with one attached hydrogen (secondary N) is 2. The lowest BCUT2D eigenvalue weighted by atomic mass is 10.1. The van der Waals surface area contributed by atoms with Gasteiger partial charge in [0, 0.05) is 24.7 Å². The van der Waals surface area contributed by atoms with Crippen LogP contribution in [0.25, 0.3) is 10.9 Å². The first-order chi connectivity index (χ1) is 8.84. The lowest BCUT2D eigenvalue weighted by molar-refractivity contribution is 0.0751. The van der Waals surface area contributed by atoms with Crippen LogP contribution in [0.2, 0.25) is 0 Å². The maximum atomic E-state index is 12.3. The number of fused-ring (bicyclic) bond motifs is 1. The van der Waals surface area contributed by atoms with Gasteiger partial charge in [0.25, 0.3) is 5.91 Å². The first kappa shape index (κ1) is 11.3. The predicted molar refractivity (Wildman–Crippen MR) is 71.2 cm³/mol. The summed E-state index contributed by atoms with van der Waals surface area (Å²) in [6.07, 6.45) is 5.45. The number of H-pyrrole nitrogens is 1. The van der Waals surface area contributed by atoms with E-state index >= 15 is 0 Å². The maximum absolute atomic E-state index is 12.3. The summed E-state index contributed by atoms with van der Waals surface area (Å²) in [6.45, 7) is 1.90. The van der Waals surface area contributed by atoms with Crippen molar-refractivity contribution in [2.45, 2.75) is 19.3 Å². The second kappa shape index (κ2) is 4.82. The maximum Gasteiger partial charge on any atom is 0.267 e. The van der Waals surface area contributed by atoms with Gasteiger partial charge in [-0.15, -0.1) is 0 Å². The van der Waals surface area contributed by atoms with Gasteiger partial charge in [0.1, 0.15) is 0 Å². The average molecular weight is 243 g/mol. The smallest absolute Gasteiger partial charge is 0.267 e. The van der Waals surface area contributed by atoms with Crippen molar-refractivity contribution in [3.8, 4) is 0 Å². The molecular formula is C14H17N3O. The highest BCUT2D eigenvalue weighted by Gasteiger charge is 2.15. The second-order valence-corrected chi connectivity index (χ2v) is 4.74. The zero-order valence-electron chi connectivity index (χ0n) is 10.3. The zero-order chi connectivity index (χ0) is 12.4. The Balaban J connectivity index is 1.81. The fraction of sp³-hybridized carbons (Fsp3) is 0.357. The average Bonchev–Trinajstić information content (AvgIpc) is 2.87. The fourth-order valence-corrected chi connectivity index (χ4v) is 2.48. The summed E-state index contributed by atoms with van der Waals surface area (Å²) in [5, 5.41) is 3.09. The van der Waals surface area contributed by atoms with Gasteiger partial charge in [-0.05, 0) is 25.0 Å². The Morgan fingerprint density at radius 1 is 1.17 bits per heavy atom. The summed E-state index contributed by atoms with van der Waals surface area (Å²) in [5.41, 5.74) is 4.61. The Morgan fingerprint density at radius 3 is 2.83 bits per heavy atom. The van der Waals surface area contributed by atoms with Gasteiger partial charge < -0.3 is 4.98 Å². The van der Waals surface area contributed by atoms with Gasteiger partial charge in [-0.25, -0.2) is 5.01 Å². The van der Waals surface area contributed by atoms with Gasteiger partial charge in [0.2, 0.25) is 0 Å². The van der Waals surface area contributed by atoms with Gasteiger partial charge >= 0.3 is 0 Å². The molecule has 0 radical (unpaired) electrons. The van der Waals surface area contributed by atoms with Crippen LogP contribution in [0.5, 0.6) is 0 Å². The second-order valence-electron chi connectivity index (χ2n) is 4.74. The Morgan fingerprint density at radius 2 is 2.00 bits per heavy atom. The van der Waals surface area contributed by atoms with E-state index in [0.717, 1.165) is 36.8 Å². The minimum absolute atomic E-state index is 0.0232. The third-order valence-electron chi connectivity index (χ3n) is 3.45. The molecule has 0 saturated carbocycles. The lowest BCUT2D eigenvalue weighted by Gasteiger charge is -2.26. The number of carbonyl (C=O) groups excluding carboxylic acids is 1. The normalized spacial score (nSPS) is 16.9. The molecule has 0 bridgehead atoms. The zero-order valence-corrected chi connectivity index (χ0v) is 10.3. The lowest BCUT2D eigenvalue weighted by Crippen LogP contribution is -2.45. The van der Waals surface area contributed by atoms with Crippen molar-refractivity contribution >= 4 is 16.8 Å². The van der Waals surface area contributed by atoms with Crippen LogP contribution < -0.4 is 5.43 Å². The number of amides is 1. The molecule has 2 aromatic rings. The molecule has 94 valence electrons. The van der Waals surface area contributed by atoms with Gasteiger partial charge in [0.05, 0.1) is 11.1 Å². The molecule has 1 amide bonds. The van der Waals surface area contributed by atoms with E-state index < -0.39 is 0 Å². The van der Waals surface area contributed by atoms with Crippen LogP contribution in [0, 0.1) is 0 Å². The highest BCUT2D eigenvalue weighted by molar-refractivity contribution is 6.05. The number of aromatic nitrogens is 1. The van der Waals surface area contributed by atoms with Crippen molar-refractivity contribution in [3.05, 3.63) is 36.0 Å². The summed E-state index contributed by atoms with van der Waals surface area (Å²) < 4.78 is 0. The van der Waals surface area contributed by atoms with Crippen molar-refractivity contribution < 1.29 is 4.79 Å². The van der Waals surface area contributed by atoms with E-state index in [4.69, 9.17) is 0 Å². The number of para-hydroxylation sites is 1. The van der Waals surface area contributed by atoms with E-state index in [9.17, 15) is 4.79 Å². The van der Waals surface area contributed by atoms with Crippen LogP contribution in [-0.4, -0.2) is 29.0 Å². The number of rotatable bonds is 2. The van der Waals surface area contributed by atoms with Crippen LogP contribution in [0.4, 0.5) is 0 Å². The summed E-state index contributed by atoms with van der Waals surface area (Å²) >= 11 is 0. The molecule has 4 nitrogen and oxygen atoms in total. The van der Waals surface area contributed by atoms with Crippen LogP contribution in [0.1, 0.15) is 29.6 Å². The van der Waals surface area contributed by atoms with Crippen LogP contribution in [0.15, 0.2) is 30.5 Å². The topological polar surface area (TPSA) is 48.1 Å². The molecule has 0 spiro atoms. The Bertz CT molecular complexity index is 555. The van der Waals surface area contributed by atoms with Crippen LogP contribution in [0.3, 0.4) is 0 Å². The monoisotopic (exact) mass is 243 g/mol. The van der Waals surface area contributed by atoms with Gasteiger partial charge in [-0.2, -0.15) is 0 Å². The molecule has 2 heterocycles. The van der Waals surface area contributed by atoms with Crippen molar-refractivity contribution in [2.75, 3.05) is 13.1 Å². The molecule has 1 aliphatic rings. The highest BCUT2D eigenvalue weighted by atomic mass is 16.2.